The maximum Gasteiger partial charge on any atom is 0.306 e. The second kappa shape index (κ2) is 41.1. The Labute approximate surface area is 324 Å². The maximum absolute atomic E-state index is 12.6. The van der Waals surface area contributed by atoms with Crippen LogP contribution in [0.1, 0.15) is 162 Å². The van der Waals surface area contributed by atoms with E-state index < -0.39 is 12.1 Å². The lowest BCUT2D eigenvalue weighted by Crippen LogP contribution is -2.30. The molecule has 0 fully saturated rings. The van der Waals surface area contributed by atoms with Gasteiger partial charge >= 0.3 is 17.9 Å². The van der Waals surface area contributed by atoms with Crippen LogP contribution in [0.3, 0.4) is 0 Å². The molecule has 0 aromatic rings. The van der Waals surface area contributed by atoms with Gasteiger partial charge in [-0.1, -0.05) is 157 Å². The van der Waals surface area contributed by atoms with Crippen molar-refractivity contribution in [3.63, 3.8) is 0 Å². The normalized spacial score (nSPS) is 13.0. The van der Waals surface area contributed by atoms with Gasteiger partial charge < -0.3 is 14.2 Å². The third-order valence-corrected chi connectivity index (χ3v) is 8.10. The molecule has 1 atom stereocenters. The Bertz CT molecular complexity index is 1120. The van der Waals surface area contributed by atoms with E-state index in [1.54, 1.807) is 0 Å². The zero-order valence-corrected chi connectivity index (χ0v) is 33.7. The molecule has 0 amide bonds. The lowest BCUT2D eigenvalue weighted by molar-refractivity contribution is -0.166. The number of allylic oxidation sites excluding steroid dienone is 16. The molecule has 53 heavy (non-hydrogen) atoms. The summed E-state index contributed by atoms with van der Waals surface area (Å²) in [6.07, 6.45) is 52.9. The Hall–Kier alpha value is -3.67. The van der Waals surface area contributed by atoms with Gasteiger partial charge in [-0.05, 0) is 83.5 Å². The number of unbranched alkanes of at least 4 members (excludes halogenated alkanes) is 8. The molecule has 0 spiro atoms. The van der Waals surface area contributed by atoms with E-state index in [9.17, 15) is 14.4 Å². The molecule has 6 nitrogen and oxygen atoms in total. The van der Waals surface area contributed by atoms with Gasteiger partial charge in [0.05, 0.1) is 0 Å². The Morgan fingerprint density at radius 1 is 0.396 bits per heavy atom. The van der Waals surface area contributed by atoms with Crippen LogP contribution in [0.2, 0.25) is 0 Å². The molecule has 298 valence electrons. The molecular weight excluding hydrogens is 661 g/mol. The molecule has 1 unspecified atom stereocenters. The fourth-order valence-corrected chi connectivity index (χ4v) is 5.03. The van der Waals surface area contributed by atoms with Crippen molar-refractivity contribution in [3.8, 4) is 0 Å². The van der Waals surface area contributed by atoms with Gasteiger partial charge in [-0.3, -0.25) is 14.4 Å². The van der Waals surface area contributed by atoms with Crippen LogP contribution < -0.4 is 0 Å². The van der Waals surface area contributed by atoms with E-state index in [4.69, 9.17) is 14.2 Å². The van der Waals surface area contributed by atoms with E-state index in [0.29, 0.717) is 19.3 Å². The van der Waals surface area contributed by atoms with Crippen LogP contribution in [-0.2, 0) is 28.6 Å². The minimum Gasteiger partial charge on any atom is -0.462 e. The highest BCUT2D eigenvalue weighted by molar-refractivity contribution is 5.71. The van der Waals surface area contributed by atoms with Crippen molar-refractivity contribution in [2.45, 2.75) is 168 Å². The van der Waals surface area contributed by atoms with Crippen LogP contribution >= 0.6 is 0 Å². The van der Waals surface area contributed by atoms with Gasteiger partial charge in [0.1, 0.15) is 13.2 Å². The highest BCUT2D eigenvalue weighted by Gasteiger charge is 2.19. The summed E-state index contributed by atoms with van der Waals surface area (Å²) >= 11 is 0. The van der Waals surface area contributed by atoms with E-state index in [1.807, 2.05) is 12.2 Å². The predicted molar refractivity (Wildman–Crippen MR) is 224 cm³/mol. The lowest BCUT2D eigenvalue weighted by Gasteiger charge is -2.18. The molecule has 0 saturated carbocycles. The number of carbonyl (C=O) groups is 3. The topological polar surface area (TPSA) is 78.9 Å². The zero-order chi connectivity index (χ0) is 38.7. The van der Waals surface area contributed by atoms with Gasteiger partial charge in [-0.15, -0.1) is 0 Å². The van der Waals surface area contributed by atoms with Gasteiger partial charge in [0.15, 0.2) is 6.10 Å². The van der Waals surface area contributed by atoms with Crippen LogP contribution in [-0.4, -0.2) is 37.2 Å². The summed E-state index contributed by atoms with van der Waals surface area (Å²) in [6.45, 7) is 6.19. The van der Waals surface area contributed by atoms with Crippen molar-refractivity contribution in [1.82, 2.24) is 0 Å². The number of rotatable bonds is 35. The molecule has 0 aliphatic carbocycles. The molecule has 6 heteroatoms. The van der Waals surface area contributed by atoms with E-state index in [-0.39, 0.29) is 31.6 Å². The fraction of sp³-hybridized carbons (Fsp3) is 0.596. The van der Waals surface area contributed by atoms with Gasteiger partial charge in [0.25, 0.3) is 0 Å². The minimum atomic E-state index is -0.820. The first-order valence-electron chi connectivity index (χ1n) is 20.7. The Morgan fingerprint density at radius 2 is 0.774 bits per heavy atom. The van der Waals surface area contributed by atoms with Crippen molar-refractivity contribution in [2.24, 2.45) is 0 Å². The number of hydrogen-bond acceptors (Lipinski definition) is 6. The molecule has 0 aromatic heterocycles. The number of esters is 3. The van der Waals surface area contributed by atoms with Crippen LogP contribution in [0.5, 0.6) is 0 Å². The molecule has 0 aliphatic heterocycles. The molecule has 0 saturated heterocycles. The molecular formula is C47H74O6. The van der Waals surface area contributed by atoms with E-state index in [1.165, 1.54) is 0 Å². The van der Waals surface area contributed by atoms with Gasteiger partial charge in [-0.25, -0.2) is 0 Å². The average Bonchev–Trinajstić information content (AvgIpc) is 3.15. The van der Waals surface area contributed by atoms with Crippen molar-refractivity contribution in [3.05, 3.63) is 97.2 Å². The van der Waals surface area contributed by atoms with Crippen LogP contribution in [0, 0.1) is 0 Å². The zero-order valence-electron chi connectivity index (χ0n) is 33.7. The molecule has 0 aromatic carbocycles. The lowest BCUT2D eigenvalue weighted by atomic mass is 10.1. The Balaban J connectivity index is 4.42. The minimum absolute atomic E-state index is 0.117. The summed E-state index contributed by atoms with van der Waals surface area (Å²) in [6, 6.07) is 0. The van der Waals surface area contributed by atoms with Crippen molar-refractivity contribution < 1.29 is 28.6 Å². The second-order valence-corrected chi connectivity index (χ2v) is 13.1. The Kier molecular flexibility index (Phi) is 38.2. The number of hydrogen-bond donors (Lipinski definition) is 0. The largest absolute Gasteiger partial charge is 0.462 e. The molecule has 0 rings (SSSR count). The first-order chi connectivity index (χ1) is 26.0. The summed E-state index contributed by atoms with van der Waals surface area (Å²) in [4.78, 5) is 37.3. The summed E-state index contributed by atoms with van der Waals surface area (Å²) < 4.78 is 16.4. The summed E-state index contributed by atoms with van der Waals surface area (Å²) in [5.41, 5.74) is 0. The van der Waals surface area contributed by atoms with Gasteiger partial charge in [0.2, 0.25) is 0 Å². The SMILES string of the molecule is CC/C=C\C/C=C\C/C=C\C/C=C\CCCCCCC(=O)OCC(COC(=O)CCCCCCC)OC(=O)CC/C=C\C/C=C\C/C=C\C/C=C\CC. The van der Waals surface area contributed by atoms with E-state index >= 15 is 0 Å². The first-order valence-corrected chi connectivity index (χ1v) is 20.7. The third-order valence-electron chi connectivity index (χ3n) is 8.10. The Morgan fingerprint density at radius 3 is 1.21 bits per heavy atom. The molecule has 0 radical (unpaired) electrons. The standard InChI is InChI=1S/C47H74O6/c1-4-7-10-13-15-17-19-21-22-23-24-26-27-29-31-34-37-40-46(49)52-43-44(42-51-45(48)39-36-33-12-9-6-3)53-47(50)41-38-35-32-30-28-25-20-18-16-14-11-8-5-2/h7-8,10-11,15-18,21-22,24-26,28,32,35,44H,4-6,9,12-14,19-20,23,27,29-31,33-34,36-43H2,1-3H3/b10-7-,11-8-,17-15-,18-16-,22-21-,26-24-,28-25-,35-32-. The summed E-state index contributed by atoms with van der Waals surface area (Å²) in [5.74, 6) is -1.05. The smallest absolute Gasteiger partial charge is 0.306 e. The van der Waals surface area contributed by atoms with Crippen molar-refractivity contribution >= 4 is 17.9 Å². The van der Waals surface area contributed by atoms with Crippen molar-refractivity contribution in [1.29, 1.82) is 0 Å². The molecule has 0 heterocycles. The van der Waals surface area contributed by atoms with Crippen molar-refractivity contribution in [2.75, 3.05) is 13.2 Å². The maximum atomic E-state index is 12.6. The third kappa shape index (κ3) is 39.4. The number of carbonyl (C=O) groups excluding carboxylic acids is 3. The molecule has 0 aliphatic rings. The van der Waals surface area contributed by atoms with Crippen LogP contribution in [0.4, 0.5) is 0 Å². The van der Waals surface area contributed by atoms with E-state index in [2.05, 4.69) is 106 Å². The monoisotopic (exact) mass is 735 g/mol. The van der Waals surface area contributed by atoms with Crippen LogP contribution in [0.15, 0.2) is 97.2 Å². The predicted octanol–water partition coefficient (Wildman–Crippen LogP) is 13.1. The van der Waals surface area contributed by atoms with Gasteiger partial charge in [0, 0.05) is 19.3 Å². The van der Waals surface area contributed by atoms with Gasteiger partial charge in [-0.2, -0.15) is 0 Å². The first kappa shape index (κ1) is 49.3. The fourth-order valence-electron chi connectivity index (χ4n) is 5.03. The van der Waals surface area contributed by atoms with E-state index in [0.717, 1.165) is 116 Å². The highest BCUT2D eigenvalue weighted by atomic mass is 16.6. The second-order valence-electron chi connectivity index (χ2n) is 13.1. The molecule has 0 bridgehead atoms. The highest BCUT2D eigenvalue weighted by Crippen LogP contribution is 2.10. The average molecular weight is 735 g/mol. The summed E-state index contributed by atoms with van der Waals surface area (Å²) in [7, 11) is 0. The van der Waals surface area contributed by atoms with Crippen LogP contribution in [0.25, 0.3) is 0 Å². The quantitative estimate of drug-likeness (QED) is 0.0279. The molecule has 0 N–H and O–H groups in total. The summed E-state index contributed by atoms with van der Waals surface area (Å²) in [5, 5.41) is 0. The number of ether oxygens (including phenoxy) is 3.